The van der Waals surface area contributed by atoms with Gasteiger partial charge in [0, 0.05) is 18.7 Å². The van der Waals surface area contributed by atoms with E-state index in [1.54, 1.807) is 13.0 Å². The van der Waals surface area contributed by atoms with Gasteiger partial charge < -0.3 is 10.2 Å². The number of hydrogen-bond acceptors (Lipinski definition) is 2. The first-order valence-corrected chi connectivity index (χ1v) is 6.83. The van der Waals surface area contributed by atoms with Crippen LogP contribution in [0.2, 0.25) is 5.02 Å². The Hall–Kier alpha value is -1.62. The van der Waals surface area contributed by atoms with Crippen molar-refractivity contribution >= 4 is 29.1 Å². The van der Waals surface area contributed by atoms with Gasteiger partial charge in [0.1, 0.15) is 11.4 Å². The highest BCUT2D eigenvalue weighted by Crippen LogP contribution is 2.26. The minimum absolute atomic E-state index is 0.00322. The van der Waals surface area contributed by atoms with Crippen LogP contribution in [0.15, 0.2) is 18.2 Å². The summed E-state index contributed by atoms with van der Waals surface area (Å²) >= 11 is 5.65. The molecule has 2 rings (SSSR count). The first-order chi connectivity index (χ1) is 9.37. The molecule has 1 N–H and O–H groups in total. The van der Waals surface area contributed by atoms with Crippen LogP contribution in [-0.2, 0) is 9.59 Å². The molecule has 1 aromatic rings. The molecule has 1 aromatic carbocycles. The van der Waals surface area contributed by atoms with Crippen LogP contribution in [0.3, 0.4) is 0 Å². The van der Waals surface area contributed by atoms with E-state index in [4.69, 9.17) is 11.6 Å². The minimum atomic E-state index is -0.969. The molecule has 4 nitrogen and oxygen atoms in total. The molecule has 1 aliphatic heterocycles. The van der Waals surface area contributed by atoms with Crippen LogP contribution < -0.4 is 10.2 Å². The zero-order chi connectivity index (χ0) is 14.9. The van der Waals surface area contributed by atoms with Crippen LogP contribution in [-0.4, -0.2) is 23.9 Å². The summed E-state index contributed by atoms with van der Waals surface area (Å²) in [5.74, 6) is -1.01. The molecule has 20 heavy (non-hydrogen) atoms. The van der Waals surface area contributed by atoms with Gasteiger partial charge in [0.25, 0.3) is 5.91 Å². The summed E-state index contributed by atoms with van der Waals surface area (Å²) in [6, 6.07) is 4.20. The normalized spacial score (nSPS) is 23.5. The molecule has 6 heteroatoms. The van der Waals surface area contributed by atoms with E-state index in [1.807, 2.05) is 6.92 Å². The van der Waals surface area contributed by atoms with Crippen molar-refractivity contribution in [3.8, 4) is 0 Å². The highest BCUT2D eigenvalue weighted by Gasteiger charge is 2.39. The Bertz CT molecular complexity index is 564. The molecule has 0 bridgehead atoms. The van der Waals surface area contributed by atoms with Crippen molar-refractivity contribution in [1.82, 2.24) is 5.32 Å². The van der Waals surface area contributed by atoms with Crippen molar-refractivity contribution in [3.63, 3.8) is 0 Å². The van der Waals surface area contributed by atoms with E-state index in [9.17, 15) is 14.0 Å². The third kappa shape index (κ3) is 2.63. The van der Waals surface area contributed by atoms with E-state index in [2.05, 4.69) is 5.32 Å². The molecular weight excluding hydrogens is 283 g/mol. The van der Waals surface area contributed by atoms with Gasteiger partial charge in [-0.05, 0) is 31.5 Å². The predicted octanol–water partition coefficient (Wildman–Crippen LogP) is 2.50. The molecule has 108 valence electrons. The summed E-state index contributed by atoms with van der Waals surface area (Å²) in [5, 5.41) is 2.73. The fourth-order valence-corrected chi connectivity index (χ4v) is 2.29. The predicted molar refractivity (Wildman–Crippen MR) is 75.2 cm³/mol. The van der Waals surface area contributed by atoms with Crippen molar-refractivity contribution in [2.45, 2.75) is 32.2 Å². The smallest absolute Gasteiger partial charge is 0.252 e. The first kappa shape index (κ1) is 14.8. The van der Waals surface area contributed by atoms with Crippen LogP contribution in [0.4, 0.5) is 10.1 Å². The lowest BCUT2D eigenvalue weighted by molar-refractivity contribution is -0.129. The van der Waals surface area contributed by atoms with Crippen molar-refractivity contribution in [1.29, 1.82) is 0 Å². The van der Waals surface area contributed by atoms with Gasteiger partial charge in [0.15, 0.2) is 0 Å². The van der Waals surface area contributed by atoms with E-state index >= 15 is 0 Å². The van der Waals surface area contributed by atoms with Gasteiger partial charge in [0.2, 0.25) is 5.91 Å². The molecule has 0 saturated carbocycles. The third-order valence-corrected chi connectivity index (χ3v) is 3.92. The van der Waals surface area contributed by atoms with Crippen molar-refractivity contribution in [2.24, 2.45) is 0 Å². The Kier molecular flexibility index (Phi) is 3.99. The van der Waals surface area contributed by atoms with Crippen LogP contribution in [0.25, 0.3) is 0 Å². The van der Waals surface area contributed by atoms with Crippen LogP contribution >= 0.6 is 11.6 Å². The fourth-order valence-electron chi connectivity index (χ4n) is 2.18. The SMILES string of the molecule is CCC1(C)NC(=O)CCN(c2ccc(Cl)c(F)c2)C1=O. The Morgan fingerprint density at radius 2 is 2.15 bits per heavy atom. The average Bonchev–Trinajstić information content (AvgIpc) is 2.52. The molecular formula is C14H16ClFN2O2. The lowest BCUT2D eigenvalue weighted by Crippen LogP contribution is -2.54. The highest BCUT2D eigenvalue weighted by molar-refractivity contribution is 6.30. The number of anilines is 1. The van der Waals surface area contributed by atoms with Crippen molar-refractivity contribution in [3.05, 3.63) is 29.0 Å². The molecule has 2 amide bonds. The van der Waals surface area contributed by atoms with E-state index < -0.39 is 11.4 Å². The number of carbonyl (C=O) groups is 2. The van der Waals surface area contributed by atoms with Gasteiger partial charge in [-0.25, -0.2) is 4.39 Å². The minimum Gasteiger partial charge on any atom is -0.342 e. The molecule has 1 heterocycles. The quantitative estimate of drug-likeness (QED) is 0.912. The Morgan fingerprint density at radius 1 is 1.45 bits per heavy atom. The van der Waals surface area contributed by atoms with Gasteiger partial charge in [-0.3, -0.25) is 9.59 Å². The van der Waals surface area contributed by atoms with Crippen molar-refractivity contribution < 1.29 is 14.0 Å². The fraction of sp³-hybridized carbons (Fsp3) is 0.429. The Balaban J connectivity index is 2.41. The second-order valence-corrected chi connectivity index (χ2v) is 5.45. The molecule has 1 saturated heterocycles. The summed E-state index contributed by atoms with van der Waals surface area (Å²) in [7, 11) is 0. The van der Waals surface area contributed by atoms with E-state index in [0.717, 1.165) is 0 Å². The number of hydrogen-bond donors (Lipinski definition) is 1. The lowest BCUT2D eigenvalue weighted by Gasteiger charge is -2.31. The number of nitrogens with zero attached hydrogens (tertiary/aromatic N) is 1. The number of halogens is 2. The maximum Gasteiger partial charge on any atom is 0.252 e. The summed E-state index contributed by atoms with van der Waals surface area (Å²) < 4.78 is 13.6. The van der Waals surface area contributed by atoms with Crippen LogP contribution in [0, 0.1) is 5.82 Å². The Labute approximate surface area is 121 Å². The Morgan fingerprint density at radius 3 is 2.75 bits per heavy atom. The van der Waals surface area contributed by atoms with E-state index in [0.29, 0.717) is 12.1 Å². The number of nitrogens with one attached hydrogen (secondary N) is 1. The maximum atomic E-state index is 13.6. The largest absolute Gasteiger partial charge is 0.342 e. The number of carbonyl (C=O) groups excluding carboxylic acids is 2. The zero-order valence-electron chi connectivity index (χ0n) is 11.4. The highest BCUT2D eigenvalue weighted by atomic mass is 35.5. The number of rotatable bonds is 2. The van der Waals surface area contributed by atoms with Gasteiger partial charge in [-0.15, -0.1) is 0 Å². The van der Waals surface area contributed by atoms with Crippen molar-refractivity contribution in [2.75, 3.05) is 11.4 Å². The van der Waals surface area contributed by atoms with Gasteiger partial charge in [-0.1, -0.05) is 18.5 Å². The summed E-state index contributed by atoms with van der Waals surface area (Å²) in [6.45, 7) is 3.73. The molecule has 0 aromatic heterocycles. The van der Waals surface area contributed by atoms with Gasteiger partial charge in [-0.2, -0.15) is 0 Å². The standard InChI is InChI=1S/C14H16ClFN2O2/c1-3-14(2)13(20)18(7-6-12(19)17-14)9-4-5-10(15)11(16)8-9/h4-5,8H,3,6-7H2,1-2H3,(H,17,19). The van der Waals surface area contributed by atoms with E-state index in [-0.39, 0.29) is 29.8 Å². The topological polar surface area (TPSA) is 49.4 Å². The molecule has 1 fully saturated rings. The summed E-state index contributed by atoms with van der Waals surface area (Å²) in [5.41, 5.74) is -0.558. The second kappa shape index (κ2) is 5.40. The zero-order valence-corrected chi connectivity index (χ0v) is 12.1. The molecule has 0 aliphatic carbocycles. The molecule has 0 radical (unpaired) electrons. The number of amides is 2. The van der Waals surface area contributed by atoms with Gasteiger partial charge in [0.05, 0.1) is 5.02 Å². The average molecular weight is 299 g/mol. The van der Waals surface area contributed by atoms with Crippen LogP contribution in [0.5, 0.6) is 0 Å². The second-order valence-electron chi connectivity index (χ2n) is 5.04. The lowest BCUT2D eigenvalue weighted by atomic mass is 9.97. The summed E-state index contributed by atoms with van der Waals surface area (Å²) in [6.07, 6.45) is 0.649. The molecule has 1 unspecified atom stereocenters. The monoisotopic (exact) mass is 298 g/mol. The van der Waals surface area contributed by atoms with E-state index in [1.165, 1.54) is 17.0 Å². The number of benzene rings is 1. The van der Waals surface area contributed by atoms with Gasteiger partial charge >= 0.3 is 0 Å². The molecule has 1 aliphatic rings. The first-order valence-electron chi connectivity index (χ1n) is 6.45. The summed E-state index contributed by atoms with van der Waals surface area (Å²) in [4.78, 5) is 25.7. The van der Waals surface area contributed by atoms with Crippen LogP contribution in [0.1, 0.15) is 26.7 Å². The third-order valence-electron chi connectivity index (χ3n) is 3.62. The molecule has 0 spiro atoms. The molecule has 1 atom stereocenters. The maximum absolute atomic E-state index is 13.6.